The average molecular weight is 411 g/mol. The van der Waals surface area contributed by atoms with Gasteiger partial charge in [0.1, 0.15) is 11.9 Å². The predicted octanol–water partition coefficient (Wildman–Crippen LogP) is 2.78. The van der Waals surface area contributed by atoms with Gasteiger partial charge in [0.2, 0.25) is 5.91 Å². The molecule has 0 bridgehead atoms. The molecule has 3 fully saturated rings. The van der Waals surface area contributed by atoms with Gasteiger partial charge in [0.25, 0.3) is 0 Å². The van der Waals surface area contributed by atoms with Crippen LogP contribution in [0.25, 0.3) is 11.2 Å². The Hall–Kier alpha value is -2.64. The molecule has 0 radical (unpaired) electrons. The lowest BCUT2D eigenvalue weighted by Crippen LogP contribution is -2.53. The standard InChI is InChI=1S/C22H30N6O2/c29-21(18-10-5-13-28(18)22(30)24-16-7-1-2-8-16)27-12-4-6-15(14-27)19-25-17-9-3-11-23-20(17)26-19/h3,9,11,15-16,18H,1-2,4-8,10,12-14H2,(H,24,30)(H,23,25,26). The van der Waals surface area contributed by atoms with Gasteiger partial charge in [-0.1, -0.05) is 12.8 Å². The Kier molecular flexibility index (Phi) is 5.31. The van der Waals surface area contributed by atoms with Crippen LogP contribution in [0.3, 0.4) is 0 Å². The van der Waals surface area contributed by atoms with Crippen molar-refractivity contribution in [1.29, 1.82) is 0 Å². The van der Waals surface area contributed by atoms with Gasteiger partial charge in [-0.05, 0) is 50.7 Å². The molecule has 1 aliphatic carbocycles. The first-order valence-corrected chi connectivity index (χ1v) is 11.4. The van der Waals surface area contributed by atoms with Crippen LogP contribution in [-0.2, 0) is 4.79 Å². The van der Waals surface area contributed by atoms with Gasteiger partial charge in [-0.3, -0.25) is 4.79 Å². The molecule has 1 saturated carbocycles. The summed E-state index contributed by atoms with van der Waals surface area (Å²) in [6.45, 7) is 2.07. The molecule has 0 aromatic carbocycles. The molecule has 3 aliphatic rings. The van der Waals surface area contributed by atoms with Crippen LogP contribution in [0.15, 0.2) is 18.3 Å². The van der Waals surface area contributed by atoms with Crippen molar-refractivity contribution in [3.63, 3.8) is 0 Å². The van der Waals surface area contributed by atoms with E-state index < -0.39 is 0 Å². The number of nitrogens with one attached hydrogen (secondary N) is 2. The Labute approximate surface area is 176 Å². The Morgan fingerprint density at radius 3 is 2.73 bits per heavy atom. The Balaban J connectivity index is 1.26. The number of hydrogen-bond donors (Lipinski definition) is 2. The van der Waals surface area contributed by atoms with E-state index in [1.807, 2.05) is 17.0 Å². The number of rotatable bonds is 3. The first-order valence-electron chi connectivity index (χ1n) is 11.4. The zero-order valence-electron chi connectivity index (χ0n) is 17.3. The number of aromatic nitrogens is 3. The van der Waals surface area contributed by atoms with Crippen molar-refractivity contribution >= 4 is 23.1 Å². The van der Waals surface area contributed by atoms with Crippen LogP contribution in [0.2, 0.25) is 0 Å². The SMILES string of the molecule is O=C(C1CCCN1C(=O)NC1CCCC1)N1CCCC(c2nc3ncccc3[nH]2)C1. The maximum atomic E-state index is 13.4. The predicted molar refractivity (Wildman–Crippen MR) is 113 cm³/mol. The normalized spacial score (nSPS) is 25.2. The summed E-state index contributed by atoms with van der Waals surface area (Å²) >= 11 is 0. The van der Waals surface area contributed by atoms with E-state index in [4.69, 9.17) is 0 Å². The lowest BCUT2D eigenvalue weighted by Gasteiger charge is -2.35. The Morgan fingerprint density at radius 1 is 1.07 bits per heavy atom. The third-order valence-electron chi connectivity index (χ3n) is 6.88. The van der Waals surface area contributed by atoms with Gasteiger partial charge in [-0.25, -0.2) is 14.8 Å². The van der Waals surface area contributed by atoms with Crippen molar-refractivity contribution in [2.24, 2.45) is 0 Å². The molecule has 5 rings (SSSR count). The van der Waals surface area contributed by atoms with Crippen LogP contribution in [0.5, 0.6) is 0 Å². The van der Waals surface area contributed by atoms with Crippen LogP contribution < -0.4 is 5.32 Å². The molecule has 8 heteroatoms. The zero-order valence-corrected chi connectivity index (χ0v) is 17.3. The molecular formula is C22H30N6O2. The summed E-state index contributed by atoms with van der Waals surface area (Å²) < 4.78 is 0. The van der Waals surface area contributed by atoms with Gasteiger partial charge in [-0.15, -0.1) is 0 Å². The molecular weight excluding hydrogens is 380 g/mol. The molecule has 2 N–H and O–H groups in total. The summed E-state index contributed by atoms with van der Waals surface area (Å²) in [5, 5.41) is 3.15. The van der Waals surface area contributed by atoms with Gasteiger partial charge in [0.05, 0.1) is 5.52 Å². The van der Waals surface area contributed by atoms with E-state index in [1.165, 1.54) is 12.8 Å². The van der Waals surface area contributed by atoms with E-state index in [9.17, 15) is 9.59 Å². The number of hydrogen-bond acceptors (Lipinski definition) is 4. The largest absolute Gasteiger partial charge is 0.340 e. The molecule has 2 saturated heterocycles. The zero-order chi connectivity index (χ0) is 20.5. The number of pyridine rings is 1. The topological polar surface area (TPSA) is 94.2 Å². The highest BCUT2D eigenvalue weighted by atomic mass is 16.2. The van der Waals surface area contributed by atoms with Crippen molar-refractivity contribution < 1.29 is 9.59 Å². The summed E-state index contributed by atoms with van der Waals surface area (Å²) in [7, 11) is 0. The first kappa shape index (κ1) is 19.3. The molecule has 2 unspecified atom stereocenters. The van der Waals surface area contributed by atoms with E-state index in [-0.39, 0.29) is 29.9 Å². The number of nitrogens with zero attached hydrogens (tertiary/aromatic N) is 4. The maximum absolute atomic E-state index is 13.4. The summed E-state index contributed by atoms with van der Waals surface area (Å²) in [5.74, 6) is 1.18. The summed E-state index contributed by atoms with van der Waals surface area (Å²) in [4.78, 5) is 42.2. The lowest BCUT2D eigenvalue weighted by molar-refractivity contribution is -0.136. The summed E-state index contributed by atoms with van der Waals surface area (Å²) in [6.07, 6.45) is 9.81. The number of likely N-dealkylation sites (tertiary alicyclic amines) is 2. The van der Waals surface area contributed by atoms with E-state index >= 15 is 0 Å². The average Bonchev–Trinajstić information content (AvgIpc) is 3.53. The van der Waals surface area contributed by atoms with Crippen LogP contribution in [0, 0.1) is 0 Å². The quantitative estimate of drug-likeness (QED) is 0.814. The molecule has 2 aromatic rings. The monoisotopic (exact) mass is 410 g/mol. The second kappa shape index (κ2) is 8.24. The van der Waals surface area contributed by atoms with Crippen molar-refractivity contribution in [3.05, 3.63) is 24.2 Å². The number of piperidine rings is 1. The smallest absolute Gasteiger partial charge is 0.318 e. The van der Waals surface area contributed by atoms with Gasteiger partial charge in [0, 0.05) is 37.8 Å². The molecule has 3 amide bonds. The van der Waals surface area contributed by atoms with Crippen molar-refractivity contribution in [2.45, 2.75) is 69.4 Å². The molecule has 2 atom stereocenters. The number of fused-ring (bicyclic) bond motifs is 1. The van der Waals surface area contributed by atoms with Crippen molar-refractivity contribution in [3.8, 4) is 0 Å². The number of amides is 3. The van der Waals surface area contributed by atoms with Crippen molar-refractivity contribution in [2.75, 3.05) is 19.6 Å². The first-order chi connectivity index (χ1) is 14.7. The highest BCUT2D eigenvalue weighted by Gasteiger charge is 2.39. The van der Waals surface area contributed by atoms with Gasteiger partial charge in [-0.2, -0.15) is 0 Å². The minimum Gasteiger partial charge on any atom is -0.340 e. The number of H-pyrrole nitrogens is 1. The molecule has 2 aromatic heterocycles. The molecule has 8 nitrogen and oxygen atoms in total. The van der Waals surface area contributed by atoms with Crippen LogP contribution in [0.1, 0.15) is 63.1 Å². The number of aromatic amines is 1. The third-order valence-corrected chi connectivity index (χ3v) is 6.88. The highest BCUT2D eigenvalue weighted by molar-refractivity contribution is 5.88. The molecule has 2 aliphatic heterocycles. The van der Waals surface area contributed by atoms with E-state index in [1.54, 1.807) is 11.1 Å². The number of carbonyl (C=O) groups is 2. The fourth-order valence-corrected chi connectivity index (χ4v) is 5.26. The van der Waals surface area contributed by atoms with Crippen LogP contribution >= 0.6 is 0 Å². The van der Waals surface area contributed by atoms with Crippen molar-refractivity contribution in [1.82, 2.24) is 30.1 Å². The van der Waals surface area contributed by atoms with Gasteiger partial charge < -0.3 is 20.1 Å². The third kappa shape index (κ3) is 3.75. The molecule has 0 spiro atoms. The van der Waals surface area contributed by atoms with Crippen LogP contribution in [-0.4, -0.2) is 68.4 Å². The second-order valence-electron chi connectivity index (χ2n) is 8.90. The molecule has 30 heavy (non-hydrogen) atoms. The van der Waals surface area contributed by atoms with E-state index in [0.29, 0.717) is 13.1 Å². The fourth-order valence-electron chi connectivity index (χ4n) is 5.26. The Morgan fingerprint density at radius 2 is 1.90 bits per heavy atom. The van der Waals surface area contributed by atoms with E-state index in [2.05, 4.69) is 20.3 Å². The fraction of sp³-hybridized carbons (Fsp3) is 0.636. The second-order valence-corrected chi connectivity index (χ2v) is 8.90. The minimum atomic E-state index is -0.331. The number of carbonyl (C=O) groups excluding carboxylic acids is 2. The number of imidazole rings is 1. The van der Waals surface area contributed by atoms with E-state index in [0.717, 1.165) is 62.1 Å². The highest BCUT2D eigenvalue weighted by Crippen LogP contribution is 2.29. The summed E-state index contributed by atoms with van der Waals surface area (Å²) in [5.41, 5.74) is 1.66. The van der Waals surface area contributed by atoms with Gasteiger partial charge >= 0.3 is 6.03 Å². The minimum absolute atomic E-state index is 0.0605. The lowest BCUT2D eigenvalue weighted by atomic mass is 9.96. The molecule has 4 heterocycles. The summed E-state index contributed by atoms with van der Waals surface area (Å²) in [6, 6.07) is 3.75. The maximum Gasteiger partial charge on any atom is 0.318 e. The van der Waals surface area contributed by atoms with Gasteiger partial charge in [0.15, 0.2) is 5.65 Å². The van der Waals surface area contributed by atoms with Crippen LogP contribution in [0.4, 0.5) is 4.79 Å². The molecule has 160 valence electrons. The Bertz CT molecular complexity index is 888. The number of urea groups is 1.